The molecule has 0 bridgehead atoms. The number of anilines is 2. The smallest absolute Gasteiger partial charge is 0.355 e. The van der Waals surface area contributed by atoms with Gasteiger partial charge in [-0.1, -0.05) is 6.08 Å². The van der Waals surface area contributed by atoms with Gasteiger partial charge in [-0.3, -0.25) is 4.79 Å². The average molecular weight is 356 g/mol. The molecule has 136 valence electrons. The number of esters is 2. The minimum atomic E-state index is -0.674. The third kappa shape index (κ3) is 4.00. The number of hydrogen-bond acceptors (Lipinski definition) is 6. The molecule has 0 saturated heterocycles. The molecule has 0 atom stereocenters. The minimum absolute atomic E-state index is 0.0414. The summed E-state index contributed by atoms with van der Waals surface area (Å²) in [6.45, 7) is 3.26. The van der Waals surface area contributed by atoms with Gasteiger partial charge in [-0.2, -0.15) is 0 Å². The molecule has 0 spiro atoms. The lowest BCUT2D eigenvalue weighted by Crippen LogP contribution is -2.27. The number of methoxy groups -OCH3 is 2. The fraction of sp³-hybridized carbons (Fsp3) is 0.211. The SMILES string of the molecule is COC(=O)C1=C(C(=O)OC)N(c2ccc(NC(C)=O)cc2C)C=CC=C1. The van der Waals surface area contributed by atoms with Gasteiger partial charge in [0.1, 0.15) is 5.70 Å². The topological polar surface area (TPSA) is 84.9 Å². The van der Waals surface area contributed by atoms with Crippen molar-refractivity contribution in [3.05, 3.63) is 59.5 Å². The quantitative estimate of drug-likeness (QED) is 0.834. The van der Waals surface area contributed by atoms with E-state index in [9.17, 15) is 14.4 Å². The molecular weight excluding hydrogens is 336 g/mol. The summed E-state index contributed by atoms with van der Waals surface area (Å²) in [6.07, 6.45) is 6.48. The van der Waals surface area contributed by atoms with Gasteiger partial charge in [0, 0.05) is 24.5 Å². The molecule has 0 fully saturated rings. The molecule has 1 amide bonds. The maximum absolute atomic E-state index is 12.4. The van der Waals surface area contributed by atoms with E-state index in [1.807, 2.05) is 6.92 Å². The van der Waals surface area contributed by atoms with Gasteiger partial charge in [0.2, 0.25) is 5.91 Å². The van der Waals surface area contributed by atoms with Crippen molar-refractivity contribution < 1.29 is 23.9 Å². The Morgan fingerprint density at radius 1 is 1.04 bits per heavy atom. The molecule has 0 aromatic heterocycles. The number of rotatable bonds is 4. The Morgan fingerprint density at radius 3 is 2.31 bits per heavy atom. The molecule has 0 radical (unpaired) electrons. The van der Waals surface area contributed by atoms with Crippen LogP contribution < -0.4 is 10.2 Å². The molecule has 1 N–H and O–H groups in total. The Hall–Kier alpha value is -3.35. The van der Waals surface area contributed by atoms with Gasteiger partial charge >= 0.3 is 11.9 Å². The van der Waals surface area contributed by atoms with E-state index in [2.05, 4.69) is 5.32 Å². The number of nitrogens with zero attached hydrogens (tertiary/aromatic N) is 1. The normalized spacial score (nSPS) is 13.3. The van der Waals surface area contributed by atoms with E-state index in [4.69, 9.17) is 9.47 Å². The van der Waals surface area contributed by atoms with Crippen molar-refractivity contribution in [1.29, 1.82) is 0 Å². The van der Waals surface area contributed by atoms with Crippen molar-refractivity contribution >= 4 is 29.2 Å². The Labute approximate surface area is 151 Å². The van der Waals surface area contributed by atoms with Gasteiger partial charge in [0.15, 0.2) is 0 Å². The lowest BCUT2D eigenvalue weighted by molar-refractivity contribution is -0.139. The zero-order valence-electron chi connectivity index (χ0n) is 15.0. The molecule has 7 nitrogen and oxygen atoms in total. The number of allylic oxidation sites excluding steroid dienone is 2. The van der Waals surface area contributed by atoms with Crippen molar-refractivity contribution in [2.24, 2.45) is 0 Å². The average Bonchev–Trinajstić information content (AvgIpc) is 2.82. The first kappa shape index (κ1) is 19.0. The number of nitrogens with one attached hydrogen (secondary N) is 1. The number of benzene rings is 1. The first-order valence-corrected chi connectivity index (χ1v) is 7.82. The first-order valence-electron chi connectivity index (χ1n) is 7.82. The van der Waals surface area contributed by atoms with Crippen LogP contribution in [0.15, 0.2) is 53.9 Å². The molecule has 7 heteroatoms. The summed E-state index contributed by atoms with van der Waals surface area (Å²) in [6, 6.07) is 5.23. The van der Waals surface area contributed by atoms with Crippen LogP contribution in [0.1, 0.15) is 12.5 Å². The summed E-state index contributed by atoms with van der Waals surface area (Å²) in [5.41, 5.74) is 2.19. The molecule has 0 unspecified atom stereocenters. The van der Waals surface area contributed by atoms with Gasteiger partial charge in [-0.05, 0) is 42.8 Å². The van der Waals surface area contributed by atoms with Crippen molar-refractivity contribution in [3.8, 4) is 0 Å². The summed E-state index contributed by atoms with van der Waals surface area (Å²) >= 11 is 0. The molecule has 26 heavy (non-hydrogen) atoms. The van der Waals surface area contributed by atoms with E-state index >= 15 is 0 Å². The lowest BCUT2D eigenvalue weighted by Gasteiger charge is -2.25. The largest absolute Gasteiger partial charge is 0.465 e. The van der Waals surface area contributed by atoms with Crippen LogP contribution in [0.3, 0.4) is 0 Å². The Bertz CT molecular complexity index is 836. The summed E-state index contributed by atoms with van der Waals surface area (Å²) in [7, 11) is 2.49. The van der Waals surface area contributed by atoms with Crippen LogP contribution in [-0.2, 0) is 23.9 Å². The molecule has 0 saturated carbocycles. The Balaban J connectivity index is 2.60. The first-order chi connectivity index (χ1) is 12.4. The third-order valence-electron chi connectivity index (χ3n) is 3.67. The highest BCUT2D eigenvalue weighted by molar-refractivity contribution is 6.05. The summed E-state index contributed by atoms with van der Waals surface area (Å²) in [5.74, 6) is -1.51. The number of amides is 1. The molecule has 1 aromatic rings. The van der Waals surface area contributed by atoms with Crippen LogP contribution in [0.4, 0.5) is 11.4 Å². The highest BCUT2D eigenvalue weighted by atomic mass is 16.5. The van der Waals surface area contributed by atoms with E-state index in [0.717, 1.165) is 5.56 Å². The van der Waals surface area contributed by atoms with Crippen LogP contribution >= 0.6 is 0 Å². The maximum atomic E-state index is 12.4. The van der Waals surface area contributed by atoms with Crippen molar-refractivity contribution in [3.63, 3.8) is 0 Å². The van der Waals surface area contributed by atoms with E-state index in [1.165, 1.54) is 27.2 Å². The van der Waals surface area contributed by atoms with E-state index in [0.29, 0.717) is 11.4 Å². The predicted octanol–water partition coefficient (Wildman–Crippen LogP) is 2.44. The fourth-order valence-corrected chi connectivity index (χ4v) is 2.56. The molecule has 1 aliphatic rings. The summed E-state index contributed by atoms with van der Waals surface area (Å²) < 4.78 is 9.66. The van der Waals surface area contributed by atoms with E-state index in [-0.39, 0.29) is 17.2 Å². The number of aryl methyl sites for hydroxylation is 1. The minimum Gasteiger partial charge on any atom is -0.465 e. The number of carbonyl (C=O) groups is 3. The second-order valence-corrected chi connectivity index (χ2v) is 5.50. The van der Waals surface area contributed by atoms with E-state index in [1.54, 1.807) is 41.5 Å². The Kier molecular flexibility index (Phi) is 5.95. The van der Waals surface area contributed by atoms with Gasteiger partial charge in [0.05, 0.1) is 19.8 Å². The molecule has 1 aliphatic heterocycles. The number of ether oxygens (including phenoxy) is 2. The van der Waals surface area contributed by atoms with Crippen LogP contribution in [0, 0.1) is 6.92 Å². The zero-order valence-corrected chi connectivity index (χ0v) is 15.0. The molecular formula is C19H20N2O5. The Morgan fingerprint density at radius 2 is 1.73 bits per heavy atom. The monoisotopic (exact) mass is 356 g/mol. The molecule has 0 aliphatic carbocycles. The lowest BCUT2D eigenvalue weighted by atomic mass is 10.1. The van der Waals surface area contributed by atoms with Crippen LogP contribution in [0.2, 0.25) is 0 Å². The molecule has 2 rings (SSSR count). The highest BCUT2D eigenvalue weighted by Crippen LogP contribution is 2.30. The van der Waals surface area contributed by atoms with Gasteiger partial charge in [-0.15, -0.1) is 0 Å². The third-order valence-corrected chi connectivity index (χ3v) is 3.67. The van der Waals surface area contributed by atoms with Crippen LogP contribution in [-0.4, -0.2) is 32.1 Å². The molecule has 1 heterocycles. The van der Waals surface area contributed by atoms with E-state index < -0.39 is 11.9 Å². The van der Waals surface area contributed by atoms with Crippen molar-refractivity contribution in [1.82, 2.24) is 0 Å². The van der Waals surface area contributed by atoms with Gasteiger partial charge in [-0.25, -0.2) is 9.59 Å². The maximum Gasteiger partial charge on any atom is 0.355 e. The van der Waals surface area contributed by atoms with Crippen LogP contribution in [0.25, 0.3) is 0 Å². The number of carbonyl (C=O) groups excluding carboxylic acids is 3. The highest BCUT2D eigenvalue weighted by Gasteiger charge is 2.28. The predicted molar refractivity (Wildman–Crippen MR) is 97.3 cm³/mol. The second kappa shape index (κ2) is 8.15. The van der Waals surface area contributed by atoms with Crippen molar-refractivity contribution in [2.45, 2.75) is 13.8 Å². The fourth-order valence-electron chi connectivity index (χ4n) is 2.56. The summed E-state index contributed by atoms with van der Waals surface area (Å²) in [5, 5.41) is 2.70. The zero-order chi connectivity index (χ0) is 19.3. The molecule has 1 aromatic carbocycles. The number of hydrogen-bond donors (Lipinski definition) is 1. The van der Waals surface area contributed by atoms with Crippen LogP contribution in [0.5, 0.6) is 0 Å². The summed E-state index contributed by atoms with van der Waals surface area (Å²) in [4.78, 5) is 37.3. The van der Waals surface area contributed by atoms with Crippen molar-refractivity contribution in [2.75, 3.05) is 24.4 Å². The second-order valence-electron chi connectivity index (χ2n) is 5.50. The standard InChI is InChI=1S/C19H20N2O5/c1-12-11-14(20-13(2)22)8-9-16(12)21-10-6-5-7-15(18(23)25-3)17(21)19(24)26-4/h5-11H,1-4H3,(H,20,22). The van der Waals surface area contributed by atoms with Gasteiger partial charge < -0.3 is 19.7 Å². The van der Waals surface area contributed by atoms with Gasteiger partial charge in [0.25, 0.3) is 0 Å².